The molecule has 22 heavy (non-hydrogen) atoms. The van der Waals surface area contributed by atoms with Gasteiger partial charge in [-0.1, -0.05) is 6.07 Å². The van der Waals surface area contributed by atoms with Gasteiger partial charge in [-0.3, -0.25) is 4.79 Å². The lowest BCUT2D eigenvalue weighted by Gasteiger charge is -2.30. The maximum absolute atomic E-state index is 11.9. The van der Waals surface area contributed by atoms with Crippen molar-refractivity contribution in [1.29, 1.82) is 0 Å². The van der Waals surface area contributed by atoms with E-state index in [2.05, 4.69) is 5.32 Å². The van der Waals surface area contributed by atoms with Crippen molar-refractivity contribution in [2.75, 3.05) is 6.54 Å². The van der Waals surface area contributed by atoms with Crippen LogP contribution in [0.5, 0.6) is 0 Å². The minimum atomic E-state index is -0.943. The number of carboxylic acid groups (broad SMARTS) is 1. The topological polar surface area (TPSA) is 75.6 Å². The molecule has 1 aromatic heterocycles. The van der Waals surface area contributed by atoms with E-state index in [1.54, 1.807) is 32.1 Å². The third kappa shape index (κ3) is 4.22. The summed E-state index contributed by atoms with van der Waals surface area (Å²) < 4.78 is 5.21. The summed E-state index contributed by atoms with van der Waals surface area (Å²) in [5.74, 6) is -0.735. The molecule has 1 unspecified atom stereocenters. The number of hydrogen-bond donors (Lipinski definition) is 2. The van der Waals surface area contributed by atoms with Gasteiger partial charge in [-0.2, -0.15) is 0 Å². The zero-order chi connectivity index (χ0) is 16.4. The lowest BCUT2D eigenvalue weighted by molar-refractivity contribution is -0.150. The zero-order valence-electron chi connectivity index (χ0n) is 13.2. The smallest absolute Gasteiger partial charge is 0.407 e. The summed E-state index contributed by atoms with van der Waals surface area (Å²) in [6.07, 6.45) is 1.67. The van der Waals surface area contributed by atoms with Gasteiger partial charge in [0.2, 0.25) is 0 Å². The minimum absolute atomic E-state index is 0.0970. The van der Waals surface area contributed by atoms with Crippen LogP contribution in [0.1, 0.15) is 38.5 Å². The number of thiophene rings is 1. The van der Waals surface area contributed by atoms with Crippen molar-refractivity contribution < 1.29 is 19.4 Å². The average Bonchev–Trinajstić information content (AvgIpc) is 3.11. The second-order valence-corrected chi connectivity index (χ2v) is 7.88. The van der Waals surface area contributed by atoms with E-state index >= 15 is 0 Å². The first-order valence-corrected chi connectivity index (χ1v) is 8.33. The summed E-state index contributed by atoms with van der Waals surface area (Å²) in [5.41, 5.74) is -1.54. The first-order chi connectivity index (χ1) is 10.2. The standard InChI is InChI=1S/C16H23NO4S/c1-15(2,3)21-14(20)17-10-16(13(18)19,11-6-7-11)9-12-5-4-8-22-12/h4-5,8,11H,6-7,9-10H2,1-3H3,(H,17,20)(H,18,19). The van der Waals surface area contributed by atoms with E-state index in [1.165, 1.54) is 0 Å². The van der Waals surface area contributed by atoms with Gasteiger partial charge >= 0.3 is 12.1 Å². The molecule has 0 aromatic carbocycles. The van der Waals surface area contributed by atoms with Gasteiger partial charge in [-0.25, -0.2) is 4.79 Å². The van der Waals surface area contributed by atoms with Crippen molar-refractivity contribution in [3.05, 3.63) is 22.4 Å². The Morgan fingerprint density at radius 2 is 2.09 bits per heavy atom. The van der Waals surface area contributed by atoms with Crippen LogP contribution >= 0.6 is 11.3 Å². The van der Waals surface area contributed by atoms with Gasteiger partial charge in [0.25, 0.3) is 0 Å². The Morgan fingerprint density at radius 3 is 2.55 bits per heavy atom. The van der Waals surface area contributed by atoms with E-state index in [0.29, 0.717) is 6.42 Å². The molecule has 1 aromatic rings. The summed E-state index contributed by atoms with van der Waals surface area (Å²) in [5, 5.41) is 14.4. The monoisotopic (exact) mass is 325 g/mol. The maximum Gasteiger partial charge on any atom is 0.407 e. The van der Waals surface area contributed by atoms with Crippen molar-refractivity contribution in [1.82, 2.24) is 5.32 Å². The van der Waals surface area contributed by atoms with Crippen molar-refractivity contribution >= 4 is 23.4 Å². The Labute approximate surface area is 134 Å². The normalized spacial score (nSPS) is 17.6. The number of nitrogens with one attached hydrogen (secondary N) is 1. The van der Waals surface area contributed by atoms with Crippen LogP contribution in [0.3, 0.4) is 0 Å². The van der Waals surface area contributed by atoms with E-state index in [0.717, 1.165) is 17.7 Å². The van der Waals surface area contributed by atoms with Crippen molar-refractivity contribution in [2.24, 2.45) is 11.3 Å². The SMILES string of the molecule is CC(C)(C)OC(=O)NCC(Cc1cccs1)(C(=O)O)C1CC1. The number of carbonyl (C=O) groups is 2. The van der Waals surface area contributed by atoms with Gasteiger partial charge < -0.3 is 15.2 Å². The summed E-state index contributed by atoms with van der Waals surface area (Å²) in [4.78, 5) is 24.8. The fraction of sp³-hybridized carbons (Fsp3) is 0.625. The molecule has 0 bridgehead atoms. The maximum atomic E-state index is 11.9. The Morgan fingerprint density at radius 1 is 1.41 bits per heavy atom. The van der Waals surface area contributed by atoms with E-state index in [1.807, 2.05) is 17.5 Å². The van der Waals surface area contributed by atoms with Crippen LogP contribution in [0.15, 0.2) is 17.5 Å². The number of ether oxygens (including phenoxy) is 1. The molecular weight excluding hydrogens is 302 g/mol. The molecule has 1 fully saturated rings. The molecule has 1 amide bonds. The summed E-state index contributed by atoms with van der Waals surface area (Å²) in [7, 11) is 0. The molecule has 5 nitrogen and oxygen atoms in total. The molecule has 1 heterocycles. The zero-order valence-corrected chi connectivity index (χ0v) is 14.0. The molecule has 122 valence electrons. The summed E-state index contributed by atoms with van der Waals surface area (Å²) in [6, 6.07) is 3.86. The number of rotatable bonds is 6. The second-order valence-electron chi connectivity index (χ2n) is 6.85. The first-order valence-electron chi connectivity index (χ1n) is 7.45. The lowest BCUT2D eigenvalue weighted by atomic mass is 9.78. The molecule has 0 radical (unpaired) electrons. The molecule has 6 heteroatoms. The predicted molar refractivity (Wildman–Crippen MR) is 85.1 cm³/mol. The number of amides is 1. The lowest BCUT2D eigenvalue weighted by Crippen LogP contribution is -2.47. The summed E-state index contributed by atoms with van der Waals surface area (Å²) >= 11 is 1.55. The van der Waals surface area contributed by atoms with Crippen LogP contribution in [0.25, 0.3) is 0 Å². The Kier molecular flexibility index (Phi) is 4.80. The van der Waals surface area contributed by atoms with Gasteiger partial charge in [0.05, 0.1) is 5.41 Å². The molecule has 1 atom stereocenters. The number of carboxylic acids is 1. The number of hydrogen-bond acceptors (Lipinski definition) is 4. The Hall–Kier alpha value is -1.56. The van der Waals surface area contributed by atoms with Gasteiger partial charge in [-0.15, -0.1) is 11.3 Å². The molecule has 2 rings (SSSR count). The molecule has 1 saturated carbocycles. The Bertz CT molecular complexity index is 531. The van der Waals surface area contributed by atoms with Crippen LogP contribution in [0.2, 0.25) is 0 Å². The third-order valence-corrected chi connectivity index (χ3v) is 4.68. The van der Waals surface area contributed by atoms with Crippen molar-refractivity contribution in [3.63, 3.8) is 0 Å². The number of alkyl carbamates (subject to hydrolysis) is 1. The van der Waals surface area contributed by atoms with Crippen LogP contribution in [0.4, 0.5) is 4.79 Å². The molecule has 0 spiro atoms. The van der Waals surface area contributed by atoms with E-state index in [-0.39, 0.29) is 12.5 Å². The minimum Gasteiger partial charge on any atom is -0.481 e. The molecule has 1 aliphatic rings. The molecule has 2 N–H and O–H groups in total. The van der Waals surface area contributed by atoms with Crippen LogP contribution in [0, 0.1) is 11.3 Å². The average molecular weight is 325 g/mol. The summed E-state index contributed by atoms with van der Waals surface area (Å²) in [6.45, 7) is 5.44. The highest BCUT2D eigenvalue weighted by molar-refractivity contribution is 7.09. The first kappa shape index (κ1) is 16.8. The van der Waals surface area contributed by atoms with Crippen LogP contribution in [-0.4, -0.2) is 29.3 Å². The molecule has 1 aliphatic carbocycles. The van der Waals surface area contributed by atoms with Crippen LogP contribution < -0.4 is 5.32 Å². The van der Waals surface area contributed by atoms with Crippen molar-refractivity contribution in [2.45, 2.75) is 45.6 Å². The number of aliphatic carboxylic acids is 1. The molecular formula is C16H23NO4S. The quantitative estimate of drug-likeness (QED) is 0.841. The van der Waals surface area contributed by atoms with Gasteiger partial charge in [0.1, 0.15) is 5.60 Å². The fourth-order valence-electron chi connectivity index (χ4n) is 2.58. The number of carbonyl (C=O) groups excluding carboxylic acids is 1. The predicted octanol–water partition coefficient (Wildman–Crippen LogP) is 3.30. The van der Waals surface area contributed by atoms with Crippen molar-refractivity contribution in [3.8, 4) is 0 Å². The highest BCUT2D eigenvalue weighted by atomic mass is 32.1. The van der Waals surface area contributed by atoms with E-state index in [4.69, 9.17) is 4.74 Å². The fourth-order valence-corrected chi connectivity index (χ4v) is 3.41. The van der Waals surface area contributed by atoms with E-state index in [9.17, 15) is 14.7 Å². The second kappa shape index (κ2) is 6.28. The van der Waals surface area contributed by atoms with Gasteiger partial charge in [0, 0.05) is 11.4 Å². The Balaban J connectivity index is 2.08. The third-order valence-electron chi connectivity index (χ3n) is 3.80. The van der Waals surface area contributed by atoms with Crippen LogP contribution in [-0.2, 0) is 16.0 Å². The van der Waals surface area contributed by atoms with Gasteiger partial charge in [-0.05, 0) is 57.4 Å². The van der Waals surface area contributed by atoms with Gasteiger partial charge in [0.15, 0.2) is 0 Å². The van der Waals surface area contributed by atoms with E-state index < -0.39 is 23.1 Å². The largest absolute Gasteiger partial charge is 0.481 e. The molecule has 0 saturated heterocycles. The highest BCUT2D eigenvalue weighted by Gasteiger charge is 2.51. The highest BCUT2D eigenvalue weighted by Crippen LogP contribution is 2.48. The molecule has 0 aliphatic heterocycles.